The molecule has 0 spiro atoms. The van der Waals surface area contributed by atoms with Crippen molar-refractivity contribution in [2.75, 3.05) is 0 Å². The van der Waals surface area contributed by atoms with Crippen molar-refractivity contribution < 1.29 is 9.15 Å². The summed E-state index contributed by atoms with van der Waals surface area (Å²) in [6.45, 7) is 0. The lowest BCUT2D eigenvalue weighted by molar-refractivity contribution is 0.440. The Bertz CT molecular complexity index is 872. The molecule has 1 aliphatic carbocycles. The van der Waals surface area contributed by atoms with Crippen LogP contribution >= 0.6 is 0 Å². The van der Waals surface area contributed by atoms with Crippen LogP contribution in [-0.2, 0) is 12.8 Å². The summed E-state index contributed by atoms with van der Waals surface area (Å²) >= 11 is 0. The zero-order chi connectivity index (χ0) is 14.2. The van der Waals surface area contributed by atoms with Crippen LogP contribution in [0.15, 0.2) is 45.9 Å². The van der Waals surface area contributed by atoms with Gasteiger partial charge < -0.3 is 9.15 Å². The predicted octanol–water partition coefficient (Wildman–Crippen LogP) is 2.86. The van der Waals surface area contributed by atoms with Gasteiger partial charge >= 0.3 is 11.6 Å². The first-order chi connectivity index (χ1) is 10.3. The number of aromatic nitrogens is 2. The average Bonchev–Trinajstić information content (AvgIpc) is 2.98. The van der Waals surface area contributed by atoms with Crippen molar-refractivity contribution in [3.05, 3.63) is 58.2 Å². The van der Waals surface area contributed by atoms with Gasteiger partial charge in [-0.1, -0.05) is 0 Å². The smallest absolute Gasteiger partial charge is 0.339 e. The minimum atomic E-state index is -0.233. The Morgan fingerprint density at radius 1 is 1.10 bits per heavy atom. The third-order valence-corrected chi connectivity index (χ3v) is 3.70. The molecule has 104 valence electrons. The van der Waals surface area contributed by atoms with Gasteiger partial charge in [0.2, 0.25) is 0 Å². The van der Waals surface area contributed by atoms with E-state index < -0.39 is 0 Å². The molecule has 2 heterocycles. The van der Waals surface area contributed by atoms with E-state index >= 15 is 0 Å². The van der Waals surface area contributed by atoms with Crippen molar-refractivity contribution >= 4 is 11.0 Å². The molecule has 0 saturated heterocycles. The van der Waals surface area contributed by atoms with E-state index in [1.807, 2.05) is 12.1 Å². The van der Waals surface area contributed by atoms with Crippen molar-refractivity contribution in [2.24, 2.45) is 0 Å². The van der Waals surface area contributed by atoms with Gasteiger partial charge in [0, 0.05) is 29.4 Å². The minimum Gasteiger partial charge on any atom is -0.424 e. The van der Waals surface area contributed by atoms with Crippen molar-refractivity contribution in [2.45, 2.75) is 19.3 Å². The van der Waals surface area contributed by atoms with E-state index in [4.69, 9.17) is 9.15 Å². The fraction of sp³-hybridized carbons (Fsp3) is 0.188. The summed E-state index contributed by atoms with van der Waals surface area (Å²) < 4.78 is 11.0. The molecule has 5 heteroatoms. The van der Waals surface area contributed by atoms with E-state index in [0.717, 1.165) is 35.8 Å². The zero-order valence-electron chi connectivity index (χ0n) is 11.2. The van der Waals surface area contributed by atoms with Crippen LogP contribution in [0.1, 0.15) is 17.5 Å². The summed E-state index contributed by atoms with van der Waals surface area (Å²) in [5.41, 5.74) is 2.25. The molecule has 21 heavy (non-hydrogen) atoms. The minimum absolute atomic E-state index is 0.233. The molecule has 0 amide bonds. The molecule has 0 N–H and O–H groups in total. The van der Waals surface area contributed by atoms with E-state index in [0.29, 0.717) is 11.3 Å². The highest BCUT2D eigenvalue weighted by molar-refractivity contribution is 5.83. The monoisotopic (exact) mass is 280 g/mol. The van der Waals surface area contributed by atoms with Crippen LogP contribution in [0.3, 0.4) is 0 Å². The Morgan fingerprint density at radius 3 is 2.76 bits per heavy atom. The fourth-order valence-electron chi connectivity index (χ4n) is 2.77. The summed E-state index contributed by atoms with van der Waals surface area (Å²) in [4.78, 5) is 20.0. The van der Waals surface area contributed by atoms with Gasteiger partial charge in [0.15, 0.2) is 0 Å². The molecule has 0 saturated carbocycles. The van der Waals surface area contributed by atoms with Crippen molar-refractivity contribution in [1.29, 1.82) is 0 Å². The van der Waals surface area contributed by atoms with Gasteiger partial charge in [-0.3, -0.25) is 0 Å². The highest BCUT2D eigenvalue weighted by atomic mass is 16.5. The number of nitrogens with zero attached hydrogens (tertiary/aromatic N) is 2. The number of aryl methyl sites for hydroxylation is 1. The Labute approximate surface area is 120 Å². The second-order valence-electron chi connectivity index (χ2n) is 4.99. The molecule has 5 nitrogen and oxygen atoms in total. The predicted molar refractivity (Wildman–Crippen MR) is 76.6 cm³/mol. The number of hydrogen-bond acceptors (Lipinski definition) is 5. The van der Waals surface area contributed by atoms with Crippen LogP contribution in [-0.4, -0.2) is 9.97 Å². The lowest BCUT2D eigenvalue weighted by Gasteiger charge is -2.06. The maximum atomic E-state index is 12.0. The number of benzene rings is 1. The summed E-state index contributed by atoms with van der Waals surface area (Å²) in [5.74, 6) is 0.551. The summed E-state index contributed by atoms with van der Waals surface area (Å²) in [7, 11) is 0. The Kier molecular flexibility index (Phi) is 2.70. The first-order valence-corrected chi connectivity index (χ1v) is 6.85. The molecule has 0 radical (unpaired) electrons. The summed E-state index contributed by atoms with van der Waals surface area (Å²) in [5, 5.41) is 0.989. The standard InChI is InChI=1S/C16H12N2O3/c19-15-13-4-1-3-11(13)12-6-5-10(9-14(12)21-15)20-16-17-7-2-8-18-16/h2,5-9H,1,3-4H2. The van der Waals surface area contributed by atoms with E-state index in [1.165, 1.54) is 0 Å². The SMILES string of the molecule is O=c1oc2cc(Oc3ncccn3)ccc2c2c1CCC2. The van der Waals surface area contributed by atoms with Gasteiger partial charge in [0.05, 0.1) is 0 Å². The van der Waals surface area contributed by atoms with Gasteiger partial charge in [-0.25, -0.2) is 14.8 Å². The van der Waals surface area contributed by atoms with E-state index in [2.05, 4.69) is 9.97 Å². The second-order valence-corrected chi connectivity index (χ2v) is 4.99. The largest absolute Gasteiger partial charge is 0.424 e. The molecule has 0 aliphatic heterocycles. The molecule has 0 atom stereocenters. The third kappa shape index (κ3) is 2.07. The maximum absolute atomic E-state index is 12.0. The van der Waals surface area contributed by atoms with Crippen LogP contribution in [0.5, 0.6) is 11.8 Å². The molecule has 0 fully saturated rings. The number of fused-ring (bicyclic) bond motifs is 3. The van der Waals surface area contributed by atoms with Crippen molar-refractivity contribution in [1.82, 2.24) is 9.97 Å². The van der Waals surface area contributed by atoms with E-state index in [-0.39, 0.29) is 11.6 Å². The van der Waals surface area contributed by atoms with Crippen LogP contribution in [0.4, 0.5) is 0 Å². The summed E-state index contributed by atoms with van der Waals surface area (Å²) in [6, 6.07) is 7.47. The third-order valence-electron chi connectivity index (χ3n) is 3.70. The van der Waals surface area contributed by atoms with Gasteiger partial charge in [-0.2, -0.15) is 0 Å². The Hall–Kier alpha value is -2.69. The van der Waals surface area contributed by atoms with Crippen molar-refractivity contribution in [3.63, 3.8) is 0 Å². The Balaban J connectivity index is 1.80. The average molecular weight is 280 g/mol. The summed E-state index contributed by atoms with van der Waals surface area (Å²) in [6.07, 6.45) is 5.96. The van der Waals surface area contributed by atoms with Crippen molar-refractivity contribution in [3.8, 4) is 11.8 Å². The molecule has 3 aromatic rings. The highest BCUT2D eigenvalue weighted by Crippen LogP contribution is 2.30. The quantitative estimate of drug-likeness (QED) is 0.675. The number of rotatable bonds is 2. The molecular formula is C16H12N2O3. The Morgan fingerprint density at radius 2 is 1.90 bits per heavy atom. The molecule has 4 rings (SSSR count). The van der Waals surface area contributed by atoms with Crippen LogP contribution < -0.4 is 10.4 Å². The first kappa shape index (κ1) is 12.1. The zero-order valence-corrected chi connectivity index (χ0v) is 11.2. The molecule has 2 aromatic heterocycles. The van der Waals surface area contributed by atoms with Gasteiger partial charge in [0.25, 0.3) is 0 Å². The molecular weight excluding hydrogens is 268 g/mol. The lowest BCUT2D eigenvalue weighted by Crippen LogP contribution is -2.06. The van der Waals surface area contributed by atoms with Gasteiger partial charge in [-0.15, -0.1) is 0 Å². The van der Waals surface area contributed by atoms with E-state index in [9.17, 15) is 4.79 Å². The second kappa shape index (κ2) is 4.70. The van der Waals surface area contributed by atoms with Crippen LogP contribution in [0.2, 0.25) is 0 Å². The van der Waals surface area contributed by atoms with Gasteiger partial charge in [0.1, 0.15) is 11.3 Å². The maximum Gasteiger partial charge on any atom is 0.339 e. The first-order valence-electron chi connectivity index (χ1n) is 6.85. The fourth-order valence-corrected chi connectivity index (χ4v) is 2.77. The lowest BCUT2D eigenvalue weighted by atomic mass is 10.1. The number of ether oxygens (including phenoxy) is 1. The highest BCUT2D eigenvalue weighted by Gasteiger charge is 2.19. The molecule has 0 unspecified atom stereocenters. The molecule has 1 aromatic carbocycles. The van der Waals surface area contributed by atoms with Gasteiger partial charge in [-0.05, 0) is 43.0 Å². The molecule has 1 aliphatic rings. The van der Waals surface area contributed by atoms with Crippen LogP contribution in [0, 0.1) is 0 Å². The topological polar surface area (TPSA) is 65.2 Å². The van der Waals surface area contributed by atoms with Crippen LogP contribution in [0.25, 0.3) is 11.0 Å². The number of hydrogen-bond donors (Lipinski definition) is 0. The normalized spacial score (nSPS) is 13.3. The van der Waals surface area contributed by atoms with E-state index in [1.54, 1.807) is 24.5 Å². The molecule has 0 bridgehead atoms.